The highest BCUT2D eigenvalue weighted by Crippen LogP contribution is 2.30. The highest BCUT2D eigenvalue weighted by molar-refractivity contribution is 7.15. The number of imidazole rings is 1. The molecule has 5 nitrogen and oxygen atoms in total. The van der Waals surface area contributed by atoms with Crippen LogP contribution in [0.15, 0.2) is 41.2 Å². The normalized spacial score (nSPS) is 12.2. The number of methoxy groups -OCH3 is 2. The molecule has 2 aromatic heterocycles. The summed E-state index contributed by atoms with van der Waals surface area (Å²) in [6.07, 6.45) is 1.88. The quantitative estimate of drug-likeness (QED) is 0.569. The summed E-state index contributed by atoms with van der Waals surface area (Å²) in [7, 11) is 3.21. The Morgan fingerprint density at radius 1 is 1.12 bits per heavy atom. The van der Waals surface area contributed by atoms with E-state index in [-0.39, 0.29) is 5.56 Å². The molecule has 6 heteroatoms. The molecule has 0 fully saturated rings. The molecule has 0 radical (unpaired) electrons. The summed E-state index contributed by atoms with van der Waals surface area (Å²) in [6, 6.07) is 11.4. The van der Waals surface area contributed by atoms with Gasteiger partial charge in [0, 0.05) is 0 Å². The number of fused-ring (bicyclic) bond motifs is 3. The van der Waals surface area contributed by atoms with Crippen LogP contribution in [0.1, 0.15) is 11.1 Å². The molecule has 2 aromatic carbocycles. The van der Waals surface area contributed by atoms with Crippen LogP contribution in [0, 0.1) is 6.92 Å². The van der Waals surface area contributed by atoms with Crippen molar-refractivity contribution in [2.75, 3.05) is 14.2 Å². The fourth-order valence-corrected chi connectivity index (χ4v) is 3.88. The third-order valence-electron chi connectivity index (χ3n) is 4.20. The van der Waals surface area contributed by atoms with Crippen LogP contribution in [0.4, 0.5) is 0 Å². The van der Waals surface area contributed by atoms with Gasteiger partial charge in [-0.25, -0.2) is 9.38 Å². The van der Waals surface area contributed by atoms with Gasteiger partial charge in [-0.15, -0.1) is 0 Å². The minimum atomic E-state index is -0.0529. The third-order valence-corrected chi connectivity index (χ3v) is 5.17. The van der Waals surface area contributed by atoms with Crippen LogP contribution < -0.4 is 19.6 Å². The molecule has 25 heavy (non-hydrogen) atoms. The smallest absolute Gasteiger partial charge is 0.274 e. The van der Waals surface area contributed by atoms with Crippen molar-refractivity contribution < 1.29 is 9.47 Å². The average molecular weight is 352 g/mol. The molecule has 0 aliphatic carbocycles. The summed E-state index contributed by atoms with van der Waals surface area (Å²) < 4.78 is 13.0. The Bertz CT molecular complexity index is 1210. The molecule has 4 aromatic rings. The first-order valence-electron chi connectivity index (χ1n) is 7.76. The van der Waals surface area contributed by atoms with Crippen molar-refractivity contribution in [2.45, 2.75) is 6.92 Å². The molecule has 0 saturated heterocycles. The highest BCUT2D eigenvalue weighted by atomic mass is 32.1. The first-order chi connectivity index (χ1) is 12.1. The lowest BCUT2D eigenvalue weighted by Crippen LogP contribution is -2.22. The van der Waals surface area contributed by atoms with Crippen LogP contribution in [-0.4, -0.2) is 23.6 Å². The van der Waals surface area contributed by atoms with Crippen molar-refractivity contribution >= 4 is 33.4 Å². The molecule has 126 valence electrons. The van der Waals surface area contributed by atoms with Gasteiger partial charge in [0.2, 0.25) is 0 Å². The van der Waals surface area contributed by atoms with E-state index in [0.29, 0.717) is 21.0 Å². The topological polar surface area (TPSA) is 52.8 Å². The van der Waals surface area contributed by atoms with E-state index in [2.05, 4.69) is 4.98 Å². The van der Waals surface area contributed by atoms with Gasteiger partial charge in [0.1, 0.15) is 0 Å². The van der Waals surface area contributed by atoms with E-state index in [1.165, 1.54) is 11.3 Å². The lowest BCUT2D eigenvalue weighted by Gasteiger charge is -2.10. The van der Waals surface area contributed by atoms with E-state index in [9.17, 15) is 4.79 Å². The summed E-state index contributed by atoms with van der Waals surface area (Å²) in [5, 5.41) is 0. The fourth-order valence-electron chi connectivity index (χ4n) is 2.91. The molecular formula is C19H16N2O3S. The second kappa shape index (κ2) is 5.89. The predicted molar refractivity (Wildman–Crippen MR) is 99.9 cm³/mol. The second-order valence-corrected chi connectivity index (χ2v) is 6.71. The Morgan fingerprint density at radius 2 is 1.84 bits per heavy atom. The zero-order chi connectivity index (χ0) is 17.6. The zero-order valence-electron chi connectivity index (χ0n) is 14.1. The molecule has 2 heterocycles. The number of nitrogens with zero attached hydrogens (tertiary/aromatic N) is 2. The number of rotatable bonds is 3. The zero-order valence-corrected chi connectivity index (χ0v) is 14.9. The first-order valence-corrected chi connectivity index (χ1v) is 8.58. The van der Waals surface area contributed by atoms with Gasteiger partial charge in [0.25, 0.3) is 5.56 Å². The van der Waals surface area contributed by atoms with E-state index in [4.69, 9.17) is 9.47 Å². The summed E-state index contributed by atoms with van der Waals surface area (Å²) >= 11 is 1.39. The molecule has 0 N–H and O–H groups in total. The van der Waals surface area contributed by atoms with Gasteiger partial charge < -0.3 is 9.47 Å². The molecule has 0 amide bonds. The minimum Gasteiger partial charge on any atom is -0.493 e. The molecular weight excluding hydrogens is 336 g/mol. The van der Waals surface area contributed by atoms with Crippen molar-refractivity contribution in [3.8, 4) is 11.5 Å². The number of hydrogen-bond acceptors (Lipinski definition) is 5. The molecule has 0 unspecified atom stereocenters. The first kappa shape index (κ1) is 15.7. The molecule has 4 rings (SSSR count). The number of ether oxygens (including phenoxy) is 2. The number of para-hydroxylation sites is 2. The maximum Gasteiger partial charge on any atom is 0.274 e. The number of hydrogen-bond donors (Lipinski definition) is 0. The third kappa shape index (κ3) is 2.46. The summed E-state index contributed by atoms with van der Waals surface area (Å²) in [6.45, 7) is 1.98. The van der Waals surface area contributed by atoms with Gasteiger partial charge >= 0.3 is 0 Å². The van der Waals surface area contributed by atoms with Crippen molar-refractivity contribution in [3.63, 3.8) is 0 Å². The molecule has 0 spiro atoms. The Hall–Kier alpha value is -2.86. The van der Waals surface area contributed by atoms with Crippen molar-refractivity contribution in [3.05, 3.63) is 62.4 Å². The van der Waals surface area contributed by atoms with Crippen molar-refractivity contribution in [1.82, 2.24) is 9.38 Å². The molecule has 0 bridgehead atoms. The maximum absolute atomic E-state index is 12.8. The summed E-state index contributed by atoms with van der Waals surface area (Å²) in [5.74, 6) is 1.31. The van der Waals surface area contributed by atoms with E-state index in [1.807, 2.05) is 49.4 Å². The van der Waals surface area contributed by atoms with Crippen LogP contribution in [0.3, 0.4) is 0 Å². The minimum absolute atomic E-state index is 0.0529. The number of aryl methyl sites for hydroxylation is 1. The van der Waals surface area contributed by atoms with Crippen molar-refractivity contribution in [1.29, 1.82) is 0 Å². The van der Waals surface area contributed by atoms with Gasteiger partial charge in [-0.3, -0.25) is 4.79 Å². The standard InChI is InChI=1S/C19H16N2O3S/c1-11-8-15(23-2)16(24-3)9-12(11)10-17-18(22)21-14-7-5-4-6-13(14)20-19(21)25-17/h4-10H,1-3H3. The van der Waals surface area contributed by atoms with Crippen LogP contribution in [0.25, 0.3) is 22.1 Å². The van der Waals surface area contributed by atoms with E-state index in [1.54, 1.807) is 18.6 Å². The predicted octanol–water partition coefficient (Wildman–Crippen LogP) is 2.78. The molecule has 0 atom stereocenters. The van der Waals surface area contributed by atoms with Gasteiger partial charge in [-0.05, 0) is 48.4 Å². The van der Waals surface area contributed by atoms with Gasteiger partial charge in [-0.1, -0.05) is 23.5 Å². The Kier molecular flexibility index (Phi) is 3.69. The fraction of sp³-hybridized carbons (Fsp3) is 0.158. The Balaban J connectivity index is 1.96. The summed E-state index contributed by atoms with van der Waals surface area (Å²) in [4.78, 5) is 18.1. The largest absolute Gasteiger partial charge is 0.493 e. The van der Waals surface area contributed by atoms with E-state index < -0.39 is 0 Å². The summed E-state index contributed by atoms with van der Waals surface area (Å²) in [5.41, 5.74) is 3.54. The van der Waals surface area contributed by atoms with E-state index >= 15 is 0 Å². The monoisotopic (exact) mass is 352 g/mol. The van der Waals surface area contributed by atoms with Crippen LogP contribution >= 0.6 is 11.3 Å². The maximum atomic E-state index is 12.8. The lowest BCUT2D eigenvalue weighted by molar-refractivity contribution is 0.354. The van der Waals surface area contributed by atoms with Gasteiger partial charge in [0.05, 0.1) is 29.8 Å². The molecule has 0 aliphatic rings. The highest BCUT2D eigenvalue weighted by Gasteiger charge is 2.12. The SMILES string of the molecule is COc1cc(C)c(C=c2sc3nc4ccccc4n3c2=O)cc1OC. The average Bonchev–Trinajstić information content (AvgIpc) is 3.13. The Morgan fingerprint density at radius 3 is 2.60 bits per heavy atom. The van der Waals surface area contributed by atoms with Gasteiger partial charge in [0.15, 0.2) is 16.5 Å². The van der Waals surface area contributed by atoms with Crippen LogP contribution in [0.5, 0.6) is 11.5 Å². The lowest BCUT2D eigenvalue weighted by atomic mass is 10.1. The molecule has 0 aliphatic heterocycles. The number of thiazole rings is 1. The van der Waals surface area contributed by atoms with Crippen molar-refractivity contribution in [2.24, 2.45) is 0 Å². The van der Waals surface area contributed by atoms with Crippen LogP contribution in [-0.2, 0) is 0 Å². The Labute approximate surface area is 147 Å². The number of aromatic nitrogens is 2. The second-order valence-electron chi connectivity index (χ2n) is 5.70. The molecule has 0 saturated carbocycles. The number of benzene rings is 2. The van der Waals surface area contributed by atoms with Gasteiger partial charge in [-0.2, -0.15) is 0 Å². The van der Waals surface area contributed by atoms with Crippen LogP contribution in [0.2, 0.25) is 0 Å². The van der Waals surface area contributed by atoms with E-state index in [0.717, 1.165) is 22.2 Å².